The molecule has 5 rings (SSSR count). The number of ketones is 1. The zero-order valence-corrected chi connectivity index (χ0v) is 18.6. The molecule has 0 radical (unpaired) electrons. The monoisotopic (exact) mass is 455 g/mol. The van der Waals surface area contributed by atoms with Crippen molar-refractivity contribution in [2.24, 2.45) is 0 Å². The van der Waals surface area contributed by atoms with Gasteiger partial charge in [-0.15, -0.1) is 0 Å². The highest BCUT2D eigenvalue weighted by atomic mass is 16.5. The van der Waals surface area contributed by atoms with Crippen LogP contribution in [0.25, 0.3) is 11.0 Å². The molecule has 0 saturated carbocycles. The van der Waals surface area contributed by atoms with E-state index in [0.717, 1.165) is 11.0 Å². The van der Waals surface area contributed by atoms with Gasteiger partial charge in [-0.25, -0.2) is 4.79 Å². The molecule has 0 atom stereocenters. The molecule has 1 aromatic heterocycles. The average Bonchev–Trinajstić information content (AvgIpc) is 3.23. The number of carbonyl (C=O) groups excluding carboxylic acids is 2. The number of para-hydroxylation sites is 2. The van der Waals surface area contributed by atoms with E-state index in [1.54, 1.807) is 41.3 Å². The molecule has 34 heavy (non-hydrogen) atoms. The summed E-state index contributed by atoms with van der Waals surface area (Å²) in [5, 5.41) is 0. The average molecular weight is 456 g/mol. The Bertz CT molecular complexity index is 1360. The molecule has 3 aromatic carbocycles. The van der Waals surface area contributed by atoms with Crippen molar-refractivity contribution in [1.29, 1.82) is 0 Å². The molecule has 0 aliphatic carbocycles. The number of carbonyl (C=O) groups is 2. The first kappa shape index (κ1) is 21.7. The largest absolute Gasteiger partial charge is 0.484 e. The van der Waals surface area contributed by atoms with E-state index < -0.39 is 0 Å². The summed E-state index contributed by atoms with van der Waals surface area (Å²) in [7, 11) is 0. The quantitative estimate of drug-likeness (QED) is 0.448. The summed E-state index contributed by atoms with van der Waals surface area (Å²) >= 11 is 0. The number of hydrogen-bond acceptors (Lipinski definition) is 4. The summed E-state index contributed by atoms with van der Waals surface area (Å²) < 4.78 is 7.49. The number of imidazole rings is 1. The molecule has 0 unspecified atom stereocenters. The smallest absolute Gasteiger partial charge is 0.326 e. The Hall–Kier alpha value is -4.13. The van der Waals surface area contributed by atoms with Crippen molar-refractivity contribution < 1.29 is 14.3 Å². The van der Waals surface area contributed by atoms with Crippen molar-refractivity contribution in [2.75, 3.05) is 19.7 Å². The number of nitrogens with zero attached hydrogens (tertiary/aromatic N) is 2. The Morgan fingerprint density at radius 2 is 1.50 bits per heavy atom. The molecular weight excluding hydrogens is 430 g/mol. The molecule has 1 aliphatic rings. The molecule has 7 heteroatoms. The van der Waals surface area contributed by atoms with Crippen LogP contribution in [0.4, 0.5) is 0 Å². The van der Waals surface area contributed by atoms with Crippen LogP contribution in [0, 0.1) is 0 Å². The normalized spacial score (nSPS) is 14.3. The highest BCUT2D eigenvalue weighted by molar-refractivity contribution is 6.09. The van der Waals surface area contributed by atoms with E-state index in [1.807, 2.05) is 47.0 Å². The summed E-state index contributed by atoms with van der Waals surface area (Å²) in [5.74, 6) is 0.396. The minimum atomic E-state index is -0.108. The van der Waals surface area contributed by atoms with Crippen LogP contribution < -0.4 is 10.4 Å². The van der Waals surface area contributed by atoms with Gasteiger partial charge in [0, 0.05) is 30.3 Å². The van der Waals surface area contributed by atoms with Gasteiger partial charge in [-0.2, -0.15) is 0 Å². The zero-order valence-electron chi connectivity index (χ0n) is 18.6. The number of aromatic amines is 1. The molecule has 1 N–H and O–H groups in total. The molecule has 1 aliphatic heterocycles. The summed E-state index contributed by atoms with van der Waals surface area (Å²) in [6.07, 6.45) is 1.42. The Labute approximate surface area is 196 Å². The van der Waals surface area contributed by atoms with Crippen LogP contribution >= 0.6 is 0 Å². The summed E-state index contributed by atoms with van der Waals surface area (Å²) in [6.45, 7) is 1.08. The Balaban J connectivity index is 1.15. The van der Waals surface area contributed by atoms with E-state index in [-0.39, 0.29) is 30.0 Å². The van der Waals surface area contributed by atoms with E-state index in [0.29, 0.717) is 42.8 Å². The number of piperidine rings is 1. The first-order valence-electron chi connectivity index (χ1n) is 11.4. The van der Waals surface area contributed by atoms with E-state index in [9.17, 15) is 14.4 Å². The third kappa shape index (κ3) is 4.37. The van der Waals surface area contributed by atoms with E-state index >= 15 is 0 Å². The molecule has 4 aromatic rings. The van der Waals surface area contributed by atoms with Crippen LogP contribution in [0.3, 0.4) is 0 Å². The highest BCUT2D eigenvalue weighted by Crippen LogP contribution is 2.25. The fourth-order valence-corrected chi connectivity index (χ4v) is 4.51. The number of ether oxygens (including phenoxy) is 1. The first-order chi connectivity index (χ1) is 16.6. The van der Waals surface area contributed by atoms with Crippen LogP contribution in [-0.2, 0) is 4.79 Å². The maximum atomic E-state index is 12.7. The Kier molecular flexibility index (Phi) is 5.99. The van der Waals surface area contributed by atoms with Crippen LogP contribution in [-0.4, -0.2) is 45.8 Å². The molecular formula is C27H25N3O4. The van der Waals surface area contributed by atoms with Gasteiger partial charge in [0.15, 0.2) is 12.4 Å². The number of likely N-dealkylation sites (tertiary alicyclic amines) is 1. The fourth-order valence-electron chi connectivity index (χ4n) is 4.51. The Morgan fingerprint density at radius 3 is 2.24 bits per heavy atom. The minimum absolute atomic E-state index is 0.0552. The van der Waals surface area contributed by atoms with Crippen molar-refractivity contribution in [3.05, 3.63) is 100 Å². The third-order valence-corrected chi connectivity index (χ3v) is 6.32. The lowest BCUT2D eigenvalue weighted by atomic mass is 10.0. The molecule has 1 amide bonds. The van der Waals surface area contributed by atoms with Crippen LogP contribution in [0.2, 0.25) is 0 Å². The number of amides is 1. The van der Waals surface area contributed by atoms with Gasteiger partial charge in [0.25, 0.3) is 5.91 Å². The molecule has 7 nitrogen and oxygen atoms in total. The minimum Gasteiger partial charge on any atom is -0.484 e. The van der Waals surface area contributed by atoms with Gasteiger partial charge in [0.2, 0.25) is 0 Å². The molecule has 0 bridgehead atoms. The number of hydrogen-bond donors (Lipinski definition) is 1. The van der Waals surface area contributed by atoms with Gasteiger partial charge in [0.05, 0.1) is 11.0 Å². The number of aromatic nitrogens is 2. The van der Waals surface area contributed by atoms with Crippen molar-refractivity contribution in [2.45, 2.75) is 18.9 Å². The Morgan fingerprint density at radius 1 is 0.853 bits per heavy atom. The maximum Gasteiger partial charge on any atom is 0.326 e. The lowest BCUT2D eigenvalue weighted by molar-refractivity contribution is -0.134. The van der Waals surface area contributed by atoms with Crippen molar-refractivity contribution in [1.82, 2.24) is 14.5 Å². The van der Waals surface area contributed by atoms with Gasteiger partial charge < -0.3 is 14.6 Å². The molecule has 0 spiro atoms. The van der Waals surface area contributed by atoms with Crippen LogP contribution in [0.5, 0.6) is 5.75 Å². The predicted octanol–water partition coefficient (Wildman–Crippen LogP) is 3.80. The fraction of sp³-hybridized carbons (Fsp3) is 0.222. The van der Waals surface area contributed by atoms with Crippen LogP contribution in [0.1, 0.15) is 34.8 Å². The lowest BCUT2D eigenvalue weighted by Gasteiger charge is -2.32. The molecule has 172 valence electrons. The second kappa shape index (κ2) is 9.39. The van der Waals surface area contributed by atoms with Crippen molar-refractivity contribution in [3.63, 3.8) is 0 Å². The first-order valence-corrected chi connectivity index (χ1v) is 11.4. The van der Waals surface area contributed by atoms with E-state index in [1.165, 1.54) is 0 Å². The number of nitrogens with one attached hydrogen (secondary N) is 1. The van der Waals surface area contributed by atoms with Gasteiger partial charge in [-0.1, -0.05) is 42.5 Å². The molecule has 1 fully saturated rings. The lowest BCUT2D eigenvalue weighted by Crippen LogP contribution is -2.42. The molecule has 2 heterocycles. The van der Waals surface area contributed by atoms with E-state index in [4.69, 9.17) is 4.74 Å². The van der Waals surface area contributed by atoms with Gasteiger partial charge in [-0.05, 0) is 49.2 Å². The summed E-state index contributed by atoms with van der Waals surface area (Å²) in [6, 6.07) is 23.6. The zero-order chi connectivity index (χ0) is 23.5. The van der Waals surface area contributed by atoms with Crippen molar-refractivity contribution >= 4 is 22.7 Å². The second-order valence-corrected chi connectivity index (χ2v) is 8.44. The van der Waals surface area contributed by atoms with Gasteiger partial charge >= 0.3 is 5.69 Å². The number of H-pyrrole nitrogens is 1. The van der Waals surface area contributed by atoms with E-state index in [2.05, 4.69) is 4.98 Å². The van der Waals surface area contributed by atoms with Gasteiger partial charge in [-0.3, -0.25) is 14.2 Å². The topological polar surface area (TPSA) is 84.4 Å². The standard InChI is InChI=1S/C27H25N3O4/c31-25(18-34-22-12-10-20(11-13-22)26(32)19-6-2-1-3-7-19)29-16-14-21(15-17-29)30-24-9-5-4-8-23(24)28-27(30)33/h1-13,21H,14-18H2,(H,28,33). The number of rotatable bonds is 6. The van der Waals surface area contributed by atoms with Crippen molar-refractivity contribution in [3.8, 4) is 5.75 Å². The maximum absolute atomic E-state index is 12.7. The SMILES string of the molecule is O=C(c1ccccc1)c1ccc(OCC(=O)N2CCC(n3c(=O)[nH]c4ccccc43)CC2)cc1. The highest BCUT2D eigenvalue weighted by Gasteiger charge is 2.26. The summed E-state index contributed by atoms with van der Waals surface area (Å²) in [4.78, 5) is 42.3. The predicted molar refractivity (Wildman–Crippen MR) is 129 cm³/mol. The second-order valence-electron chi connectivity index (χ2n) is 8.44. The molecule has 1 saturated heterocycles. The third-order valence-electron chi connectivity index (χ3n) is 6.32. The summed E-state index contributed by atoms with van der Waals surface area (Å²) in [5.41, 5.74) is 2.82. The van der Waals surface area contributed by atoms with Gasteiger partial charge in [0.1, 0.15) is 5.75 Å². The number of benzene rings is 3. The van der Waals surface area contributed by atoms with Crippen LogP contribution in [0.15, 0.2) is 83.7 Å². The number of fused-ring (bicyclic) bond motifs is 1.